The zero-order chi connectivity index (χ0) is 13.9. The monoisotopic (exact) mass is 282 g/mol. The number of nitrogens with zero attached hydrogens (tertiary/aromatic N) is 2. The molecule has 1 atom stereocenters. The maximum atomic E-state index is 12.4. The molecule has 100 valence electrons. The summed E-state index contributed by atoms with van der Waals surface area (Å²) in [6, 6.07) is 11.1. The van der Waals surface area contributed by atoms with Gasteiger partial charge in [-0.05, 0) is 53.1 Å². The van der Waals surface area contributed by atoms with Gasteiger partial charge in [-0.1, -0.05) is 0 Å². The van der Waals surface area contributed by atoms with Gasteiger partial charge in [0.05, 0.1) is 11.6 Å². The first-order chi connectivity index (χ1) is 9.78. The number of likely N-dealkylation sites (tertiary alicyclic amines) is 1. The molecule has 4 heteroatoms. The molecule has 1 aliphatic heterocycles. The van der Waals surface area contributed by atoms with Gasteiger partial charge in [-0.25, -0.2) is 0 Å². The maximum Gasteiger partial charge on any atom is 0.253 e. The Morgan fingerprint density at radius 2 is 2.10 bits per heavy atom. The van der Waals surface area contributed by atoms with Crippen molar-refractivity contribution < 1.29 is 4.79 Å². The van der Waals surface area contributed by atoms with Gasteiger partial charge in [-0.3, -0.25) is 4.79 Å². The van der Waals surface area contributed by atoms with Crippen LogP contribution in [0, 0.1) is 11.3 Å². The highest BCUT2D eigenvalue weighted by Crippen LogP contribution is 2.29. The Kier molecular flexibility index (Phi) is 3.53. The van der Waals surface area contributed by atoms with Gasteiger partial charge in [-0.15, -0.1) is 0 Å². The van der Waals surface area contributed by atoms with E-state index in [4.69, 9.17) is 5.26 Å². The van der Waals surface area contributed by atoms with Crippen LogP contribution in [0.5, 0.6) is 0 Å². The standard InChI is InChI=1S/C16H14N2OS/c17-9-12-1-3-13(4-2-12)16(19)18-7-5-14(10-18)15-6-8-20-11-15/h1-4,6,8,11,14H,5,7,10H2. The van der Waals surface area contributed by atoms with E-state index in [9.17, 15) is 4.79 Å². The predicted molar refractivity (Wildman–Crippen MR) is 78.7 cm³/mol. The molecule has 20 heavy (non-hydrogen) atoms. The van der Waals surface area contributed by atoms with Crippen molar-refractivity contribution in [1.82, 2.24) is 4.90 Å². The van der Waals surface area contributed by atoms with Crippen molar-refractivity contribution in [1.29, 1.82) is 5.26 Å². The maximum absolute atomic E-state index is 12.4. The Hall–Kier alpha value is -2.12. The first-order valence-electron chi connectivity index (χ1n) is 6.59. The Balaban J connectivity index is 1.71. The lowest BCUT2D eigenvalue weighted by atomic mass is 10.0. The number of rotatable bonds is 2. The van der Waals surface area contributed by atoms with Crippen molar-refractivity contribution in [2.45, 2.75) is 12.3 Å². The molecule has 2 aromatic rings. The average Bonchev–Trinajstić information content (AvgIpc) is 3.17. The highest BCUT2D eigenvalue weighted by Gasteiger charge is 2.28. The topological polar surface area (TPSA) is 44.1 Å². The van der Waals surface area contributed by atoms with Crippen LogP contribution in [0.25, 0.3) is 0 Å². The largest absolute Gasteiger partial charge is 0.338 e. The van der Waals surface area contributed by atoms with Crippen LogP contribution in [0.4, 0.5) is 0 Å². The fourth-order valence-electron chi connectivity index (χ4n) is 2.59. The number of benzene rings is 1. The van der Waals surface area contributed by atoms with Crippen molar-refractivity contribution >= 4 is 17.2 Å². The second kappa shape index (κ2) is 5.48. The minimum absolute atomic E-state index is 0.0622. The molecule has 2 heterocycles. The van der Waals surface area contributed by atoms with Gasteiger partial charge in [0.15, 0.2) is 0 Å². The van der Waals surface area contributed by atoms with Gasteiger partial charge in [0.25, 0.3) is 5.91 Å². The summed E-state index contributed by atoms with van der Waals surface area (Å²) < 4.78 is 0. The second-order valence-electron chi connectivity index (χ2n) is 4.98. The van der Waals surface area contributed by atoms with Crippen LogP contribution in [-0.2, 0) is 0 Å². The van der Waals surface area contributed by atoms with Crippen LogP contribution in [0.2, 0.25) is 0 Å². The SMILES string of the molecule is N#Cc1ccc(C(=O)N2CCC(c3ccsc3)C2)cc1. The van der Waals surface area contributed by atoms with E-state index in [0.717, 1.165) is 19.5 Å². The summed E-state index contributed by atoms with van der Waals surface area (Å²) in [5, 5.41) is 13.0. The average molecular weight is 282 g/mol. The Morgan fingerprint density at radius 1 is 1.30 bits per heavy atom. The van der Waals surface area contributed by atoms with Crippen LogP contribution in [0.3, 0.4) is 0 Å². The lowest BCUT2D eigenvalue weighted by Crippen LogP contribution is -2.28. The van der Waals surface area contributed by atoms with Crippen molar-refractivity contribution in [3.05, 3.63) is 57.8 Å². The third-order valence-corrected chi connectivity index (χ3v) is 4.45. The van der Waals surface area contributed by atoms with Crippen LogP contribution >= 0.6 is 11.3 Å². The number of nitriles is 1. The van der Waals surface area contributed by atoms with E-state index in [1.165, 1.54) is 5.56 Å². The first kappa shape index (κ1) is 12.9. The van der Waals surface area contributed by atoms with E-state index in [-0.39, 0.29) is 5.91 Å². The van der Waals surface area contributed by atoms with Crippen molar-refractivity contribution in [2.24, 2.45) is 0 Å². The molecule has 0 bridgehead atoms. The normalized spacial score (nSPS) is 17.9. The van der Waals surface area contributed by atoms with Crippen LogP contribution in [-0.4, -0.2) is 23.9 Å². The number of carbonyl (C=O) groups excluding carboxylic acids is 1. The number of thiophene rings is 1. The molecule has 1 fully saturated rings. The highest BCUT2D eigenvalue weighted by atomic mass is 32.1. The van der Waals surface area contributed by atoms with Crippen LogP contribution in [0.1, 0.15) is 33.8 Å². The molecule has 0 aliphatic carbocycles. The van der Waals surface area contributed by atoms with Crippen LogP contribution < -0.4 is 0 Å². The third-order valence-electron chi connectivity index (χ3n) is 3.75. The Labute approximate surface area is 122 Å². The van der Waals surface area contributed by atoms with Crippen molar-refractivity contribution in [3.8, 4) is 6.07 Å². The summed E-state index contributed by atoms with van der Waals surface area (Å²) in [6.07, 6.45) is 1.03. The van der Waals surface area contributed by atoms with E-state index in [1.54, 1.807) is 35.6 Å². The van der Waals surface area contributed by atoms with Crippen molar-refractivity contribution in [3.63, 3.8) is 0 Å². The van der Waals surface area contributed by atoms with Gasteiger partial charge in [-0.2, -0.15) is 16.6 Å². The summed E-state index contributed by atoms with van der Waals surface area (Å²) in [6.45, 7) is 1.59. The fraction of sp³-hybridized carbons (Fsp3) is 0.250. The highest BCUT2D eigenvalue weighted by molar-refractivity contribution is 7.07. The number of amides is 1. The minimum atomic E-state index is 0.0622. The zero-order valence-corrected chi connectivity index (χ0v) is 11.8. The number of hydrogen-bond acceptors (Lipinski definition) is 3. The van der Waals surface area contributed by atoms with Gasteiger partial charge >= 0.3 is 0 Å². The lowest BCUT2D eigenvalue weighted by Gasteiger charge is -2.16. The van der Waals surface area contributed by atoms with Gasteiger partial charge in [0.2, 0.25) is 0 Å². The molecule has 1 amide bonds. The van der Waals surface area contributed by atoms with E-state index in [1.807, 2.05) is 4.90 Å². The summed E-state index contributed by atoms with van der Waals surface area (Å²) in [7, 11) is 0. The molecule has 1 aromatic carbocycles. The number of hydrogen-bond donors (Lipinski definition) is 0. The molecule has 0 N–H and O–H groups in total. The van der Waals surface area contributed by atoms with Gasteiger partial charge in [0, 0.05) is 24.6 Å². The molecule has 1 aliphatic rings. The molecular formula is C16H14N2OS. The molecule has 0 saturated carbocycles. The van der Waals surface area contributed by atoms with Crippen molar-refractivity contribution in [2.75, 3.05) is 13.1 Å². The third kappa shape index (κ3) is 2.45. The molecule has 1 aromatic heterocycles. The van der Waals surface area contributed by atoms with E-state index >= 15 is 0 Å². The summed E-state index contributed by atoms with van der Waals surface area (Å²) in [5.41, 5.74) is 2.58. The molecular weight excluding hydrogens is 268 g/mol. The number of carbonyl (C=O) groups is 1. The molecule has 0 radical (unpaired) electrons. The van der Waals surface area contributed by atoms with E-state index in [0.29, 0.717) is 17.0 Å². The predicted octanol–water partition coefficient (Wildman–Crippen LogP) is 3.25. The Morgan fingerprint density at radius 3 is 2.75 bits per heavy atom. The van der Waals surface area contributed by atoms with Gasteiger partial charge < -0.3 is 4.90 Å². The second-order valence-corrected chi connectivity index (χ2v) is 5.76. The molecule has 1 saturated heterocycles. The summed E-state index contributed by atoms with van der Waals surface area (Å²) in [5.74, 6) is 0.524. The summed E-state index contributed by atoms with van der Waals surface area (Å²) in [4.78, 5) is 14.3. The van der Waals surface area contributed by atoms with E-state index in [2.05, 4.69) is 22.9 Å². The molecule has 1 unspecified atom stereocenters. The first-order valence-corrected chi connectivity index (χ1v) is 7.54. The lowest BCUT2D eigenvalue weighted by molar-refractivity contribution is 0.0791. The zero-order valence-electron chi connectivity index (χ0n) is 11.0. The Bertz CT molecular complexity index is 640. The van der Waals surface area contributed by atoms with Crippen LogP contribution in [0.15, 0.2) is 41.1 Å². The molecule has 3 nitrogen and oxygen atoms in total. The molecule has 0 spiro atoms. The quantitative estimate of drug-likeness (QED) is 0.848. The minimum Gasteiger partial charge on any atom is -0.338 e. The summed E-state index contributed by atoms with van der Waals surface area (Å²) >= 11 is 1.70. The molecule has 3 rings (SSSR count). The smallest absolute Gasteiger partial charge is 0.253 e. The van der Waals surface area contributed by atoms with Gasteiger partial charge in [0.1, 0.15) is 0 Å². The fourth-order valence-corrected chi connectivity index (χ4v) is 3.34. The van der Waals surface area contributed by atoms with E-state index < -0.39 is 0 Å².